The van der Waals surface area contributed by atoms with Crippen molar-refractivity contribution in [1.29, 1.82) is 0 Å². The van der Waals surface area contributed by atoms with E-state index < -0.39 is 5.97 Å². The Kier molecular flexibility index (Phi) is 9.38. The fraction of sp³-hybridized carbons (Fsp3) is 0.440. The molecule has 1 heterocycles. The van der Waals surface area contributed by atoms with Gasteiger partial charge >= 0.3 is 5.97 Å². The molecule has 0 atom stereocenters. The van der Waals surface area contributed by atoms with Crippen LogP contribution in [0.25, 0.3) is 6.08 Å². The number of rotatable bonds is 12. The molecule has 0 saturated heterocycles. The second-order valence-corrected chi connectivity index (χ2v) is 7.51. The van der Waals surface area contributed by atoms with Crippen LogP contribution in [0.15, 0.2) is 30.1 Å². The molecule has 0 fully saturated rings. The van der Waals surface area contributed by atoms with E-state index in [9.17, 15) is 9.90 Å². The van der Waals surface area contributed by atoms with Gasteiger partial charge in [0.1, 0.15) is 5.75 Å². The number of carbonyl (C=O) groups is 1. The summed E-state index contributed by atoms with van der Waals surface area (Å²) in [7, 11) is 4.72. The number of hydrogen-bond donors (Lipinski definition) is 1. The molecule has 0 saturated carbocycles. The van der Waals surface area contributed by atoms with Crippen molar-refractivity contribution in [2.75, 3.05) is 21.3 Å². The largest absolute Gasteiger partial charge is 0.496 e. The predicted molar refractivity (Wildman–Crippen MR) is 122 cm³/mol. The van der Waals surface area contributed by atoms with Gasteiger partial charge in [0.15, 0.2) is 11.5 Å². The molecule has 0 aliphatic rings. The zero-order valence-electron chi connectivity index (χ0n) is 19.2. The Morgan fingerprint density at radius 1 is 0.968 bits per heavy atom. The third-order valence-electron chi connectivity index (χ3n) is 5.47. The maximum atomic E-state index is 11.9. The van der Waals surface area contributed by atoms with Crippen molar-refractivity contribution in [1.82, 2.24) is 4.98 Å². The number of carboxylic acids is 1. The quantitative estimate of drug-likeness (QED) is 0.362. The Morgan fingerprint density at radius 2 is 1.65 bits per heavy atom. The van der Waals surface area contributed by atoms with Crippen LogP contribution in [0.1, 0.15) is 54.4 Å². The monoisotopic (exact) mass is 427 g/mol. The summed E-state index contributed by atoms with van der Waals surface area (Å²) in [5.74, 6) is 0.823. The number of methoxy groups -OCH3 is 3. The first-order chi connectivity index (χ1) is 14.9. The van der Waals surface area contributed by atoms with Crippen LogP contribution in [-0.4, -0.2) is 37.4 Å². The second-order valence-electron chi connectivity index (χ2n) is 7.51. The van der Waals surface area contributed by atoms with Crippen molar-refractivity contribution >= 4 is 12.0 Å². The number of aryl methyl sites for hydroxylation is 1. The Morgan fingerprint density at radius 3 is 2.23 bits per heavy atom. The topological polar surface area (TPSA) is 77.9 Å². The summed E-state index contributed by atoms with van der Waals surface area (Å²) in [6.45, 7) is 3.79. The maximum absolute atomic E-state index is 11.9. The van der Waals surface area contributed by atoms with Crippen molar-refractivity contribution in [2.24, 2.45) is 0 Å². The highest BCUT2D eigenvalue weighted by Crippen LogP contribution is 2.44. The lowest BCUT2D eigenvalue weighted by Crippen LogP contribution is -2.05. The number of aliphatic carboxylic acids is 1. The smallest absolute Gasteiger partial charge is 0.331 e. The molecule has 168 valence electrons. The molecular weight excluding hydrogens is 394 g/mol. The van der Waals surface area contributed by atoms with Gasteiger partial charge in [-0.05, 0) is 57.2 Å². The summed E-state index contributed by atoms with van der Waals surface area (Å²) in [6, 6.07) is 4.03. The number of benzene rings is 1. The maximum Gasteiger partial charge on any atom is 0.331 e. The highest BCUT2D eigenvalue weighted by Gasteiger charge is 2.22. The van der Waals surface area contributed by atoms with Crippen LogP contribution < -0.4 is 14.2 Å². The number of aromatic nitrogens is 1. The second kappa shape index (κ2) is 12.0. The Bertz CT molecular complexity index is 906. The van der Waals surface area contributed by atoms with E-state index in [0.717, 1.165) is 43.2 Å². The molecule has 0 aliphatic carbocycles. The van der Waals surface area contributed by atoms with Gasteiger partial charge in [0.05, 0.1) is 21.3 Å². The minimum absolute atomic E-state index is 0.349. The van der Waals surface area contributed by atoms with E-state index in [0.29, 0.717) is 34.8 Å². The fourth-order valence-corrected chi connectivity index (χ4v) is 3.86. The summed E-state index contributed by atoms with van der Waals surface area (Å²) in [5, 5.41) is 9.77. The average molecular weight is 428 g/mol. The molecule has 31 heavy (non-hydrogen) atoms. The highest BCUT2D eigenvalue weighted by atomic mass is 16.5. The van der Waals surface area contributed by atoms with Gasteiger partial charge in [0.25, 0.3) is 0 Å². The van der Waals surface area contributed by atoms with Gasteiger partial charge in [-0.2, -0.15) is 0 Å². The standard InChI is InChI=1S/C25H33NO5/c1-17-21(24(31-5)23(30-4)18(2)22(17)29-3)15-20(25(27)28)13-9-7-6-8-11-19-12-10-14-26-16-19/h10,12,14-16H,6-9,11,13H2,1-5H3,(H,27,28)/b20-15+. The molecule has 1 N–H and O–H groups in total. The van der Waals surface area contributed by atoms with Crippen molar-refractivity contribution < 1.29 is 24.1 Å². The number of ether oxygens (including phenoxy) is 3. The number of carboxylic acid groups (broad SMARTS) is 1. The van der Waals surface area contributed by atoms with Gasteiger partial charge in [-0.15, -0.1) is 0 Å². The summed E-state index contributed by atoms with van der Waals surface area (Å²) in [6.07, 6.45) is 10.8. The van der Waals surface area contributed by atoms with Crippen LogP contribution in [0, 0.1) is 13.8 Å². The average Bonchev–Trinajstić information content (AvgIpc) is 2.77. The van der Waals surface area contributed by atoms with Gasteiger partial charge in [0, 0.05) is 34.7 Å². The van der Waals surface area contributed by atoms with E-state index in [4.69, 9.17) is 14.2 Å². The first-order valence-corrected chi connectivity index (χ1v) is 10.6. The number of unbranched alkanes of at least 4 members (excludes halogenated alkanes) is 3. The molecule has 6 heteroatoms. The van der Waals surface area contributed by atoms with Crippen LogP contribution in [0.5, 0.6) is 17.2 Å². The summed E-state index contributed by atoms with van der Waals surface area (Å²) < 4.78 is 16.7. The first-order valence-electron chi connectivity index (χ1n) is 10.6. The van der Waals surface area contributed by atoms with Crippen molar-refractivity contribution in [3.63, 3.8) is 0 Å². The van der Waals surface area contributed by atoms with Crippen molar-refractivity contribution in [2.45, 2.75) is 52.4 Å². The van der Waals surface area contributed by atoms with Crippen LogP contribution in [-0.2, 0) is 11.2 Å². The third-order valence-corrected chi connectivity index (χ3v) is 5.47. The Hall–Kier alpha value is -3.02. The summed E-state index contributed by atoms with van der Waals surface area (Å²) in [4.78, 5) is 16.0. The zero-order valence-corrected chi connectivity index (χ0v) is 19.2. The van der Waals surface area contributed by atoms with Crippen LogP contribution in [0.2, 0.25) is 0 Å². The van der Waals surface area contributed by atoms with Gasteiger partial charge in [-0.1, -0.05) is 18.9 Å². The Labute approximate surface area is 184 Å². The fourth-order valence-electron chi connectivity index (χ4n) is 3.86. The number of nitrogens with zero attached hydrogens (tertiary/aromatic N) is 1. The number of hydrogen-bond acceptors (Lipinski definition) is 5. The van der Waals surface area contributed by atoms with Crippen LogP contribution in [0.3, 0.4) is 0 Å². The first kappa shape index (κ1) is 24.3. The van der Waals surface area contributed by atoms with E-state index in [1.807, 2.05) is 26.1 Å². The van der Waals surface area contributed by atoms with E-state index in [1.165, 1.54) is 5.56 Å². The van der Waals surface area contributed by atoms with E-state index in [1.54, 1.807) is 33.6 Å². The van der Waals surface area contributed by atoms with E-state index >= 15 is 0 Å². The molecule has 0 aliphatic heterocycles. The molecule has 0 bridgehead atoms. The number of pyridine rings is 1. The molecule has 0 amide bonds. The molecule has 6 nitrogen and oxygen atoms in total. The third kappa shape index (κ3) is 6.23. The minimum atomic E-state index is -0.921. The SMILES string of the molecule is COc1c(C)c(/C=C(\CCCCCCc2cccnc2)C(=O)O)c(OC)c(OC)c1C. The zero-order chi connectivity index (χ0) is 22.8. The van der Waals surface area contributed by atoms with Gasteiger partial charge in [0.2, 0.25) is 0 Å². The summed E-state index contributed by atoms with van der Waals surface area (Å²) >= 11 is 0. The Balaban J connectivity index is 2.12. The summed E-state index contributed by atoms with van der Waals surface area (Å²) in [5.41, 5.74) is 3.91. The van der Waals surface area contributed by atoms with Crippen molar-refractivity contribution in [3.05, 3.63) is 52.4 Å². The molecule has 0 spiro atoms. The molecule has 2 rings (SSSR count). The normalized spacial score (nSPS) is 11.3. The molecule has 0 unspecified atom stereocenters. The van der Waals surface area contributed by atoms with E-state index in [-0.39, 0.29) is 0 Å². The van der Waals surface area contributed by atoms with Gasteiger partial charge in [-0.25, -0.2) is 4.79 Å². The van der Waals surface area contributed by atoms with Gasteiger partial charge in [-0.3, -0.25) is 4.98 Å². The highest BCUT2D eigenvalue weighted by molar-refractivity contribution is 5.93. The molecule has 1 aromatic heterocycles. The molecule has 1 aromatic carbocycles. The van der Waals surface area contributed by atoms with E-state index in [2.05, 4.69) is 11.1 Å². The minimum Gasteiger partial charge on any atom is -0.496 e. The molecular formula is C25H33NO5. The lowest BCUT2D eigenvalue weighted by atomic mass is 9.97. The lowest BCUT2D eigenvalue weighted by molar-refractivity contribution is -0.132. The van der Waals surface area contributed by atoms with Crippen LogP contribution in [0.4, 0.5) is 0 Å². The van der Waals surface area contributed by atoms with Crippen LogP contribution >= 0.6 is 0 Å². The molecule has 0 radical (unpaired) electrons. The van der Waals surface area contributed by atoms with Gasteiger partial charge < -0.3 is 19.3 Å². The van der Waals surface area contributed by atoms with Crippen molar-refractivity contribution in [3.8, 4) is 17.2 Å². The lowest BCUT2D eigenvalue weighted by Gasteiger charge is -2.20. The predicted octanol–water partition coefficient (Wildman–Crippen LogP) is 5.39. The molecule has 2 aromatic rings.